The molecular formula is C17H22N2O4. The Balaban J connectivity index is 2.10. The molecule has 2 N–H and O–H groups in total. The highest BCUT2D eigenvalue weighted by atomic mass is 16.5. The highest BCUT2D eigenvalue weighted by molar-refractivity contribution is 5.87. The molecule has 0 bridgehead atoms. The Kier molecular flexibility index (Phi) is 5.76. The van der Waals surface area contributed by atoms with Gasteiger partial charge in [0.05, 0.1) is 19.3 Å². The zero-order chi connectivity index (χ0) is 16.8. The zero-order valence-corrected chi connectivity index (χ0v) is 13.2. The number of likely N-dealkylation sites (tertiary alicyclic amines) is 1. The number of para-hydroxylation sites is 1. The molecule has 1 aliphatic heterocycles. The van der Waals surface area contributed by atoms with Crippen molar-refractivity contribution in [3.8, 4) is 5.75 Å². The van der Waals surface area contributed by atoms with Gasteiger partial charge in [-0.2, -0.15) is 0 Å². The van der Waals surface area contributed by atoms with Gasteiger partial charge in [0, 0.05) is 25.1 Å². The van der Waals surface area contributed by atoms with E-state index in [9.17, 15) is 14.7 Å². The minimum atomic E-state index is -0.627. The molecule has 1 aromatic carbocycles. The first kappa shape index (κ1) is 17.0. The Bertz CT molecular complexity index is 588. The van der Waals surface area contributed by atoms with Crippen LogP contribution in [0, 0.1) is 0 Å². The van der Waals surface area contributed by atoms with Crippen molar-refractivity contribution in [3.05, 3.63) is 42.5 Å². The normalized spacial score (nSPS) is 20.2. The number of aliphatic hydroxyl groups is 1. The van der Waals surface area contributed by atoms with Crippen LogP contribution in [0.3, 0.4) is 0 Å². The number of nitrogens with one attached hydrogen (secondary N) is 1. The van der Waals surface area contributed by atoms with E-state index in [-0.39, 0.29) is 24.8 Å². The molecule has 6 nitrogen and oxygen atoms in total. The highest BCUT2D eigenvalue weighted by Gasteiger charge is 2.38. The third-order valence-corrected chi connectivity index (χ3v) is 3.97. The maximum absolute atomic E-state index is 12.4. The molecule has 2 rings (SSSR count). The summed E-state index contributed by atoms with van der Waals surface area (Å²) in [4.78, 5) is 25.2. The van der Waals surface area contributed by atoms with Crippen molar-refractivity contribution in [2.24, 2.45) is 0 Å². The van der Waals surface area contributed by atoms with E-state index in [1.807, 2.05) is 24.3 Å². The summed E-state index contributed by atoms with van der Waals surface area (Å²) in [6.07, 6.45) is 1.24. The van der Waals surface area contributed by atoms with E-state index in [1.54, 1.807) is 12.0 Å². The van der Waals surface area contributed by atoms with Gasteiger partial charge < -0.3 is 20.1 Å². The minimum absolute atomic E-state index is 0.109. The van der Waals surface area contributed by atoms with Crippen LogP contribution in [0.4, 0.5) is 0 Å². The molecule has 0 aromatic heterocycles. The van der Waals surface area contributed by atoms with Gasteiger partial charge in [-0.3, -0.25) is 9.59 Å². The maximum Gasteiger partial charge on any atom is 0.243 e. The molecule has 0 radical (unpaired) electrons. The summed E-state index contributed by atoms with van der Waals surface area (Å²) >= 11 is 0. The zero-order valence-electron chi connectivity index (χ0n) is 13.2. The molecule has 0 aliphatic carbocycles. The number of carbonyl (C=O) groups excluding carboxylic acids is 2. The lowest BCUT2D eigenvalue weighted by Gasteiger charge is -2.28. The molecular weight excluding hydrogens is 296 g/mol. The van der Waals surface area contributed by atoms with Gasteiger partial charge in [-0.1, -0.05) is 24.8 Å². The van der Waals surface area contributed by atoms with Gasteiger partial charge >= 0.3 is 0 Å². The number of carbonyl (C=O) groups is 2. The molecule has 1 aromatic rings. The lowest BCUT2D eigenvalue weighted by atomic mass is 10.0. The standard InChI is InChI=1S/C17H22N2O4/c1-3-15(21)18-10-8-16(22)19-11-9-13(20)17(19)12-6-4-5-7-14(12)23-2/h3-7,13,17,20H,1,8-11H2,2H3,(H,18,21)/t13-,17-/m1/s1. The van der Waals surface area contributed by atoms with Crippen LogP contribution in [0.2, 0.25) is 0 Å². The van der Waals surface area contributed by atoms with Gasteiger partial charge in [-0.25, -0.2) is 0 Å². The summed E-state index contributed by atoms with van der Waals surface area (Å²) in [7, 11) is 1.57. The second kappa shape index (κ2) is 7.78. The second-order valence-electron chi connectivity index (χ2n) is 5.38. The molecule has 0 spiro atoms. The van der Waals surface area contributed by atoms with Crippen LogP contribution in [0.1, 0.15) is 24.4 Å². The SMILES string of the molecule is C=CC(=O)NCCC(=O)N1CC[C@@H](O)[C@H]1c1ccccc1OC. The van der Waals surface area contributed by atoms with E-state index in [2.05, 4.69) is 11.9 Å². The predicted octanol–water partition coefficient (Wildman–Crippen LogP) is 1.02. The number of hydrogen-bond donors (Lipinski definition) is 2. The molecule has 2 amide bonds. The highest BCUT2D eigenvalue weighted by Crippen LogP contribution is 2.37. The van der Waals surface area contributed by atoms with Crippen LogP contribution >= 0.6 is 0 Å². The van der Waals surface area contributed by atoms with Crippen LogP contribution < -0.4 is 10.1 Å². The van der Waals surface area contributed by atoms with E-state index in [4.69, 9.17) is 4.74 Å². The van der Waals surface area contributed by atoms with Crippen molar-refractivity contribution in [1.82, 2.24) is 10.2 Å². The van der Waals surface area contributed by atoms with Gasteiger partial charge in [0.1, 0.15) is 5.75 Å². The summed E-state index contributed by atoms with van der Waals surface area (Å²) in [6.45, 7) is 4.09. The number of nitrogens with zero attached hydrogens (tertiary/aromatic N) is 1. The molecule has 1 saturated heterocycles. The molecule has 124 valence electrons. The van der Waals surface area contributed by atoms with Crippen LogP contribution in [0.15, 0.2) is 36.9 Å². The van der Waals surface area contributed by atoms with E-state index in [0.29, 0.717) is 18.7 Å². The largest absolute Gasteiger partial charge is 0.496 e. The number of hydrogen-bond acceptors (Lipinski definition) is 4. The van der Waals surface area contributed by atoms with Gasteiger partial charge in [0.2, 0.25) is 11.8 Å². The third kappa shape index (κ3) is 3.90. The fourth-order valence-electron chi connectivity index (χ4n) is 2.85. The van der Waals surface area contributed by atoms with Crippen LogP contribution in [-0.4, -0.2) is 48.1 Å². The number of methoxy groups -OCH3 is 1. The summed E-state index contributed by atoms with van der Waals surface area (Å²) in [6, 6.07) is 6.95. The second-order valence-corrected chi connectivity index (χ2v) is 5.38. The quantitative estimate of drug-likeness (QED) is 0.768. The Morgan fingerprint density at radius 3 is 2.91 bits per heavy atom. The van der Waals surface area contributed by atoms with Crippen molar-refractivity contribution in [2.45, 2.75) is 25.0 Å². The van der Waals surface area contributed by atoms with Crippen molar-refractivity contribution >= 4 is 11.8 Å². The number of ether oxygens (including phenoxy) is 1. The molecule has 0 unspecified atom stereocenters. The average Bonchev–Trinajstić information content (AvgIpc) is 2.95. The Labute approximate surface area is 135 Å². The Hall–Kier alpha value is -2.34. The number of rotatable bonds is 6. The molecule has 1 heterocycles. The van der Waals surface area contributed by atoms with Crippen LogP contribution in [0.5, 0.6) is 5.75 Å². The van der Waals surface area contributed by atoms with Crippen molar-refractivity contribution in [3.63, 3.8) is 0 Å². The van der Waals surface area contributed by atoms with Crippen molar-refractivity contribution < 1.29 is 19.4 Å². The predicted molar refractivity (Wildman–Crippen MR) is 85.9 cm³/mol. The van der Waals surface area contributed by atoms with E-state index < -0.39 is 12.1 Å². The first-order valence-electron chi connectivity index (χ1n) is 7.59. The van der Waals surface area contributed by atoms with E-state index in [1.165, 1.54) is 6.08 Å². The van der Waals surface area contributed by atoms with Gasteiger partial charge in [-0.05, 0) is 18.6 Å². The van der Waals surface area contributed by atoms with E-state index in [0.717, 1.165) is 5.56 Å². The fourth-order valence-corrected chi connectivity index (χ4v) is 2.85. The lowest BCUT2D eigenvalue weighted by molar-refractivity contribution is -0.133. The van der Waals surface area contributed by atoms with Crippen molar-refractivity contribution in [2.75, 3.05) is 20.2 Å². The molecule has 1 fully saturated rings. The average molecular weight is 318 g/mol. The third-order valence-electron chi connectivity index (χ3n) is 3.97. The summed E-state index contributed by atoms with van der Waals surface area (Å²) in [5.74, 6) is 0.235. The lowest BCUT2D eigenvalue weighted by Crippen LogP contribution is -2.35. The van der Waals surface area contributed by atoms with Gasteiger partial charge in [0.25, 0.3) is 0 Å². The molecule has 0 saturated carbocycles. The summed E-state index contributed by atoms with van der Waals surface area (Å²) in [5, 5.41) is 12.9. The summed E-state index contributed by atoms with van der Waals surface area (Å²) in [5.41, 5.74) is 0.795. The first-order valence-corrected chi connectivity index (χ1v) is 7.59. The molecule has 23 heavy (non-hydrogen) atoms. The van der Waals surface area contributed by atoms with Crippen LogP contribution in [0.25, 0.3) is 0 Å². The smallest absolute Gasteiger partial charge is 0.243 e. The number of amides is 2. The van der Waals surface area contributed by atoms with Gasteiger partial charge in [-0.15, -0.1) is 0 Å². The topological polar surface area (TPSA) is 78.9 Å². The van der Waals surface area contributed by atoms with Crippen LogP contribution in [-0.2, 0) is 9.59 Å². The first-order chi connectivity index (χ1) is 11.1. The number of aliphatic hydroxyl groups excluding tert-OH is 1. The Morgan fingerprint density at radius 1 is 1.48 bits per heavy atom. The molecule has 6 heteroatoms. The molecule has 2 atom stereocenters. The van der Waals surface area contributed by atoms with Crippen molar-refractivity contribution in [1.29, 1.82) is 0 Å². The maximum atomic E-state index is 12.4. The minimum Gasteiger partial charge on any atom is -0.496 e. The number of benzene rings is 1. The molecule has 1 aliphatic rings. The summed E-state index contributed by atoms with van der Waals surface area (Å²) < 4.78 is 5.34. The fraction of sp³-hybridized carbons (Fsp3) is 0.412. The Morgan fingerprint density at radius 2 is 2.22 bits per heavy atom. The van der Waals surface area contributed by atoms with E-state index >= 15 is 0 Å². The monoisotopic (exact) mass is 318 g/mol. The van der Waals surface area contributed by atoms with Gasteiger partial charge in [0.15, 0.2) is 0 Å².